The van der Waals surface area contributed by atoms with Crippen LogP contribution in [0.5, 0.6) is 5.88 Å². The highest BCUT2D eigenvalue weighted by Gasteiger charge is 2.18. The number of fused-ring (bicyclic) bond motifs is 1. The molecule has 0 fully saturated rings. The van der Waals surface area contributed by atoms with Crippen LogP contribution >= 0.6 is 11.6 Å². The number of rotatable bonds is 3. The van der Waals surface area contributed by atoms with E-state index in [1.807, 2.05) is 6.07 Å². The molecule has 8 heteroatoms. The molecule has 0 amide bonds. The smallest absolute Gasteiger partial charge is 0.300 e. The number of nitrogens with one attached hydrogen (secondary N) is 1. The molecule has 0 atom stereocenters. The normalized spacial score (nSPS) is 12.3. The van der Waals surface area contributed by atoms with E-state index >= 15 is 0 Å². The molecule has 0 bridgehead atoms. The SMILES string of the molecule is Cc1ccc(C)c(S(=O)(=O)N=Nc2c(O)[nH]c3ccc(Cl)cc23)c1. The summed E-state index contributed by atoms with van der Waals surface area (Å²) in [5.41, 5.74) is 1.98. The van der Waals surface area contributed by atoms with Crippen LogP contribution < -0.4 is 0 Å². The van der Waals surface area contributed by atoms with Gasteiger partial charge < -0.3 is 10.1 Å². The van der Waals surface area contributed by atoms with Gasteiger partial charge in [0.1, 0.15) is 0 Å². The van der Waals surface area contributed by atoms with Crippen LogP contribution in [0, 0.1) is 13.8 Å². The van der Waals surface area contributed by atoms with Crippen molar-refractivity contribution in [2.75, 3.05) is 0 Å². The molecular weight excluding hydrogens is 350 g/mol. The highest BCUT2D eigenvalue weighted by Crippen LogP contribution is 2.37. The molecule has 3 rings (SSSR count). The number of hydrogen-bond donors (Lipinski definition) is 2. The maximum absolute atomic E-state index is 12.4. The van der Waals surface area contributed by atoms with Crippen LogP contribution in [-0.4, -0.2) is 18.5 Å². The van der Waals surface area contributed by atoms with Crippen LogP contribution in [0.25, 0.3) is 10.9 Å². The molecule has 6 nitrogen and oxygen atoms in total. The van der Waals surface area contributed by atoms with Crippen molar-refractivity contribution in [3.8, 4) is 5.88 Å². The average Bonchev–Trinajstić information content (AvgIpc) is 2.82. The van der Waals surface area contributed by atoms with Gasteiger partial charge in [0.05, 0.1) is 10.4 Å². The standard InChI is InChI=1S/C16H14ClN3O3S/c1-9-3-4-10(2)14(7-9)24(22,23)20-19-15-12-8-11(17)5-6-13(12)18-16(15)21/h3-8,18,21H,1-2H3. The van der Waals surface area contributed by atoms with Crippen molar-refractivity contribution in [1.29, 1.82) is 0 Å². The molecule has 24 heavy (non-hydrogen) atoms. The molecule has 0 spiro atoms. The Morgan fingerprint density at radius 3 is 2.62 bits per heavy atom. The van der Waals surface area contributed by atoms with E-state index in [0.29, 0.717) is 21.5 Å². The van der Waals surface area contributed by atoms with Crippen molar-refractivity contribution in [3.63, 3.8) is 0 Å². The first-order valence-corrected chi connectivity index (χ1v) is 8.85. The zero-order chi connectivity index (χ0) is 17.5. The van der Waals surface area contributed by atoms with Crippen molar-refractivity contribution in [2.45, 2.75) is 18.7 Å². The number of aromatic amines is 1. The van der Waals surface area contributed by atoms with E-state index < -0.39 is 10.0 Å². The maximum atomic E-state index is 12.4. The number of hydrogen-bond acceptors (Lipinski definition) is 4. The zero-order valence-corrected chi connectivity index (χ0v) is 14.5. The largest absolute Gasteiger partial charge is 0.493 e. The topological polar surface area (TPSA) is 94.9 Å². The quantitative estimate of drug-likeness (QED) is 0.665. The van der Waals surface area contributed by atoms with E-state index in [0.717, 1.165) is 5.56 Å². The Morgan fingerprint density at radius 2 is 1.88 bits per heavy atom. The molecule has 0 radical (unpaired) electrons. The summed E-state index contributed by atoms with van der Waals surface area (Å²) in [6.45, 7) is 3.48. The van der Waals surface area contributed by atoms with Crippen LogP contribution in [-0.2, 0) is 10.0 Å². The van der Waals surface area contributed by atoms with Crippen molar-refractivity contribution in [1.82, 2.24) is 4.98 Å². The third-order valence-corrected chi connectivity index (χ3v) is 5.11. The molecule has 0 aliphatic carbocycles. The molecule has 1 aromatic heterocycles. The number of H-pyrrole nitrogens is 1. The number of nitrogens with zero attached hydrogens (tertiary/aromatic N) is 2. The van der Waals surface area contributed by atoms with Gasteiger partial charge in [0.25, 0.3) is 10.0 Å². The lowest BCUT2D eigenvalue weighted by Crippen LogP contribution is -1.99. The highest BCUT2D eigenvalue weighted by atomic mass is 35.5. The van der Waals surface area contributed by atoms with Crippen molar-refractivity contribution in [2.24, 2.45) is 9.63 Å². The fourth-order valence-corrected chi connectivity index (χ4v) is 3.62. The number of aromatic nitrogens is 1. The van der Waals surface area contributed by atoms with Crippen LogP contribution in [0.4, 0.5) is 5.69 Å². The molecule has 2 aromatic carbocycles. The zero-order valence-electron chi connectivity index (χ0n) is 12.9. The second-order valence-electron chi connectivity index (χ2n) is 5.44. The van der Waals surface area contributed by atoms with Gasteiger partial charge in [-0.25, -0.2) is 0 Å². The minimum Gasteiger partial charge on any atom is -0.493 e. The summed E-state index contributed by atoms with van der Waals surface area (Å²) in [6.07, 6.45) is 0. The van der Waals surface area contributed by atoms with Crippen molar-refractivity contribution >= 4 is 38.2 Å². The van der Waals surface area contributed by atoms with E-state index in [4.69, 9.17) is 11.6 Å². The Balaban J connectivity index is 2.09. The van der Waals surface area contributed by atoms with Gasteiger partial charge in [-0.05, 0) is 49.2 Å². The van der Waals surface area contributed by atoms with Crippen LogP contribution in [0.15, 0.2) is 50.9 Å². The monoisotopic (exact) mass is 363 g/mol. The Hall–Kier alpha value is -2.38. The second kappa shape index (κ2) is 5.92. The number of benzene rings is 2. The molecular formula is C16H14ClN3O3S. The number of aryl methyl sites for hydroxylation is 2. The number of sulfonamides is 1. The third kappa shape index (κ3) is 3.00. The summed E-state index contributed by atoms with van der Waals surface area (Å²) < 4.78 is 28.4. The summed E-state index contributed by atoms with van der Waals surface area (Å²) in [5, 5.41) is 14.6. The van der Waals surface area contributed by atoms with Crippen LogP contribution in [0.3, 0.4) is 0 Å². The number of halogens is 1. The molecule has 0 unspecified atom stereocenters. The Bertz CT molecular complexity index is 1070. The van der Waals surface area contributed by atoms with Crippen molar-refractivity contribution in [3.05, 3.63) is 52.5 Å². The van der Waals surface area contributed by atoms with Gasteiger partial charge in [-0.15, -0.1) is 5.11 Å². The first-order valence-electron chi connectivity index (χ1n) is 7.03. The Morgan fingerprint density at radius 1 is 1.12 bits per heavy atom. The van der Waals surface area contributed by atoms with Gasteiger partial charge >= 0.3 is 0 Å². The third-order valence-electron chi connectivity index (χ3n) is 3.58. The lowest BCUT2D eigenvalue weighted by molar-refractivity contribution is 0.459. The molecule has 1 heterocycles. The van der Waals surface area contributed by atoms with E-state index in [1.54, 1.807) is 38.1 Å². The van der Waals surface area contributed by atoms with Gasteiger partial charge in [-0.2, -0.15) is 8.42 Å². The molecule has 0 aliphatic heterocycles. The summed E-state index contributed by atoms with van der Waals surface area (Å²) >= 11 is 5.94. The van der Waals surface area contributed by atoms with E-state index in [9.17, 15) is 13.5 Å². The fraction of sp³-hybridized carbons (Fsp3) is 0.125. The molecule has 0 saturated heterocycles. The van der Waals surface area contributed by atoms with Gasteiger partial charge in [0.15, 0.2) is 5.69 Å². The van der Waals surface area contributed by atoms with E-state index in [-0.39, 0.29) is 16.5 Å². The Kier molecular flexibility index (Phi) is 4.06. The summed E-state index contributed by atoms with van der Waals surface area (Å²) in [4.78, 5) is 2.79. The highest BCUT2D eigenvalue weighted by molar-refractivity contribution is 7.90. The van der Waals surface area contributed by atoms with Crippen LogP contribution in [0.2, 0.25) is 5.02 Å². The van der Waals surface area contributed by atoms with Gasteiger partial charge in [0.2, 0.25) is 5.88 Å². The van der Waals surface area contributed by atoms with Crippen LogP contribution in [0.1, 0.15) is 11.1 Å². The molecule has 124 valence electrons. The van der Waals surface area contributed by atoms with Crippen molar-refractivity contribution < 1.29 is 13.5 Å². The minimum atomic E-state index is -3.98. The second-order valence-corrected chi connectivity index (χ2v) is 7.43. The van der Waals surface area contributed by atoms with Gasteiger partial charge in [-0.1, -0.05) is 28.3 Å². The lowest BCUT2D eigenvalue weighted by Gasteiger charge is -2.03. The minimum absolute atomic E-state index is 0.0291. The van der Waals surface area contributed by atoms with E-state index in [2.05, 4.69) is 14.6 Å². The molecule has 0 saturated carbocycles. The molecule has 3 aromatic rings. The van der Waals surface area contributed by atoms with E-state index in [1.165, 1.54) is 6.07 Å². The average molecular weight is 364 g/mol. The molecule has 0 aliphatic rings. The lowest BCUT2D eigenvalue weighted by atomic mass is 10.2. The first kappa shape index (κ1) is 16.5. The maximum Gasteiger partial charge on any atom is 0.300 e. The summed E-state index contributed by atoms with van der Waals surface area (Å²) in [6, 6.07) is 9.95. The predicted molar refractivity (Wildman–Crippen MR) is 92.6 cm³/mol. The van der Waals surface area contributed by atoms with Gasteiger partial charge in [-0.3, -0.25) is 0 Å². The Labute approximate surface area is 143 Å². The summed E-state index contributed by atoms with van der Waals surface area (Å²) in [7, 11) is -3.98. The number of aromatic hydroxyl groups is 1. The fourth-order valence-electron chi connectivity index (χ4n) is 2.36. The first-order chi connectivity index (χ1) is 11.3. The summed E-state index contributed by atoms with van der Waals surface area (Å²) in [5.74, 6) is -0.271. The van der Waals surface area contributed by atoms with Gasteiger partial charge in [0, 0.05) is 10.4 Å². The predicted octanol–water partition coefficient (Wildman–Crippen LogP) is 4.62. The molecule has 2 N–H and O–H groups in total.